The molecule has 0 saturated carbocycles. The van der Waals surface area contributed by atoms with Gasteiger partial charge in [-0.25, -0.2) is 4.98 Å². The first-order valence-corrected chi connectivity index (χ1v) is 4.02. The summed E-state index contributed by atoms with van der Waals surface area (Å²) in [6.45, 7) is 0. The quantitative estimate of drug-likeness (QED) is 0.839. The van der Waals surface area contributed by atoms with Crippen LogP contribution in [-0.4, -0.2) is 19.2 Å². The maximum Gasteiger partial charge on any atom is 0.204 e. The van der Waals surface area contributed by atoms with E-state index in [0.29, 0.717) is 17.3 Å². The van der Waals surface area contributed by atoms with E-state index in [2.05, 4.69) is 20.9 Å². The van der Waals surface area contributed by atoms with Gasteiger partial charge in [0.1, 0.15) is 0 Å². The highest BCUT2D eigenvalue weighted by atomic mass is 79.9. The fraction of sp³-hybridized carbons (Fsp3) is 0.286. The number of methoxy groups -OCH3 is 2. The number of hydrogen-bond donors (Lipinski definition) is 1. The van der Waals surface area contributed by atoms with E-state index in [0.717, 1.165) is 4.47 Å². The molecule has 1 aromatic rings. The first kappa shape index (κ1) is 9.12. The molecule has 1 rings (SSSR count). The topological polar surface area (TPSA) is 57.4 Å². The highest BCUT2D eigenvalue weighted by Crippen LogP contribution is 2.37. The van der Waals surface area contributed by atoms with Crippen molar-refractivity contribution in [2.45, 2.75) is 0 Å². The largest absolute Gasteiger partial charge is 0.492 e. The van der Waals surface area contributed by atoms with E-state index in [9.17, 15) is 0 Å². The second kappa shape index (κ2) is 3.62. The molecule has 0 aliphatic heterocycles. The van der Waals surface area contributed by atoms with Gasteiger partial charge < -0.3 is 15.2 Å². The van der Waals surface area contributed by atoms with Gasteiger partial charge in [-0.05, 0) is 15.9 Å². The third-order valence-corrected chi connectivity index (χ3v) is 1.95. The molecule has 1 heterocycles. The summed E-state index contributed by atoms with van der Waals surface area (Å²) < 4.78 is 10.8. The average molecular weight is 233 g/mol. The molecule has 0 aliphatic rings. The Morgan fingerprint density at radius 3 is 2.33 bits per heavy atom. The summed E-state index contributed by atoms with van der Waals surface area (Å²) in [5.74, 6) is 1.33. The summed E-state index contributed by atoms with van der Waals surface area (Å²) in [6.07, 6.45) is 1.57. The summed E-state index contributed by atoms with van der Waals surface area (Å²) in [5, 5.41) is 0. The highest BCUT2D eigenvalue weighted by molar-refractivity contribution is 9.10. The summed E-state index contributed by atoms with van der Waals surface area (Å²) in [7, 11) is 3.06. The number of aromatic nitrogens is 1. The van der Waals surface area contributed by atoms with Gasteiger partial charge in [0.05, 0.1) is 18.7 Å². The first-order chi connectivity index (χ1) is 5.70. The SMILES string of the molecule is COc1c(Br)cnc(N)c1OC. The predicted octanol–water partition coefficient (Wildman–Crippen LogP) is 1.44. The molecule has 0 spiro atoms. The van der Waals surface area contributed by atoms with E-state index < -0.39 is 0 Å². The average Bonchev–Trinajstić information content (AvgIpc) is 2.08. The van der Waals surface area contributed by atoms with Gasteiger partial charge in [0.15, 0.2) is 11.6 Å². The molecule has 0 bridgehead atoms. The van der Waals surface area contributed by atoms with Crippen LogP contribution in [0.5, 0.6) is 11.5 Å². The van der Waals surface area contributed by atoms with Crippen molar-refractivity contribution in [3.05, 3.63) is 10.7 Å². The van der Waals surface area contributed by atoms with Gasteiger partial charge in [0, 0.05) is 6.20 Å². The van der Waals surface area contributed by atoms with E-state index >= 15 is 0 Å². The molecular weight excluding hydrogens is 224 g/mol. The molecule has 0 aromatic carbocycles. The van der Waals surface area contributed by atoms with Gasteiger partial charge >= 0.3 is 0 Å². The molecule has 0 aliphatic carbocycles. The van der Waals surface area contributed by atoms with Crippen molar-refractivity contribution in [3.63, 3.8) is 0 Å². The zero-order valence-electron chi connectivity index (χ0n) is 6.80. The fourth-order valence-electron chi connectivity index (χ4n) is 0.856. The molecule has 2 N–H and O–H groups in total. The molecule has 4 nitrogen and oxygen atoms in total. The zero-order valence-corrected chi connectivity index (χ0v) is 8.38. The molecule has 0 amide bonds. The Morgan fingerprint density at radius 2 is 1.92 bits per heavy atom. The van der Waals surface area contributed by atoms with Crippen molar-refractivity contribution < 1.29 is 9.47 Å². The lowest BCUT2D eigenvalue weighted by molar-refractivity contribution is 0.353. The third-order valence-electron chi connectivity index (χ3n) is 1.38. The van der Waals surface area contributed by atoms with Crippen LogP contribution >= 0.6 is 15.9 Å². The maximum absolute atomic E-state index is 5.54. The van der Waals surface area contributed by atoms with Crippen LogP contribution in [0.1, 0.15) is 0 Å². The number of anilines is 1. The number of nitrogen functional groups attached to an aromatic ring is 1. The van der Waals surface area contributed by atoms with Crippen LogP contribution < -0.4 is 15.2 Å². The Balaban J connectivity index is 3.28. The fourth-order valence-corrected chi connectivity index (χ4v) is 1.30. The summed E-state index contributed by atoms with van der Waals surface area (Å²) in [4.78, 5) is 3.88. The predicted molar refractivity (Wildman–Crippen MR) is 49.5 cm³/mol. The lowest BCUT2D eigenvalue weighted by Crippen LogP contribution is -1.99. The number of pyridine rings is 1. The number of hydrogen-bond acceptors (Lipinski definition) is 4. The minimum Gasteiger partial charge on any atom is -0.492 e. The van der Waals surface area contributed by atoms with Crippen LogP contribution in [-0.2, 0) is 0 Å². The lowest BCUT2D eigenvalue weighted by Gasteiger charge is -2.09. The van der Waals surface area contributed by atoms with Crippen LogP contribution in [0.2, 0.25) is 0 Å². The van der Waals surface area contributed by atoms with Crippen molar-refractivity contribution >= 4 is 21.7 Å². The van der Waals surface area contributed by atoms with E-state index in [1.165, 1.54) is 7.11 Å². The second-order valence-electron chi connectivity index (χ2n) is 2.06. The molecule has 1 aromatic heterocycles. The van der Waals surface area contributed by atoms with E-state index in [1.54, 1.807) is 13.3 Å². The van der Waals surface area contributed by atoms with Crippen molar-refractivity contribution in [3.8, 4) is 11.5 Å². The van der Waals surface area contributed by atoms with Crippen LogP contribution in [0.15, 0.2) is 10.7 Å². The molecule has 5 heteroatoms. The summed E-state index contributed by atoms with van der Waals surface area (Å²) in [5.41, 5.74) is 5.54. The third kappa shape index (κ3) is 1.45. The Bertz CT molecular complexity index is 262. The standard InChI is InChI=1S/C7H9BrN2O2/c1-11-5-4(8)3-10-7(9)6(5)12-2/h3H,1-2H3,(H2,9,10). The Hall–Kier alpha value is -0.970. The van der Waals surface area contributed by atoms with Crippen molar-refractivity contribution in [1.82, 2.24) is 4.98 Å². The monoisotopic (exact) mass is 232 g/mol. The van der Waals surface area contributed by atoms with Gasteiger partial charge in [0.2, 0.25) is 5.75 Å². The minimum atomic E-state index is 0.317. The minimum absolute atomic E-state index is 0.317. The molecule has 0 radical (unpaired) electrons. The Morgan fingerprint density at radius 1 is 1.33 bits per heavy atom. The van der Waals surface area contributed by atoms with Crippen LogP contribution in [0.25, 0.3) is 0 Å². The molecule has 0 unspecified atom stereocenters. The van der Waals surface area contributed by atoms with Crippen LogP contribution in [0.3, 0.4) is 0 Å². The highest BCUT2D eigenvalue weighted by Gasteiger charge is 2.11. The Labute approximate surface area is 78.8 Å². The van der Waals surface area contributed by atoms with Gasteiger partial charge in [-0.3, -0.25) is 0 Å². The van der Waals surface area contributed by atoms with Crippen LogP contribution in [0, 0.1) is 0 Å². The second-order valence-corrected chi connectivity index (χ2v) is 2.91. The maximum atomic E-state index is 5.54. The normalized spacial score (nSPS) is 9.58. The number of ether oxygens (including phenoxy) is 2. The number of rotatable bonds is 2. The smallest absolute Gasteiger partial charge is 0.204 e. The first-order valence-electron chi connectivity index (χ1n) is 3.22. The van der Waals surface area contributed by atoms with Gasteiger partial charge in [-0.2, -0.15) is 0 Å². The molecule has 0 atom stereocenters. The summed E-state index contributed by atoms with van der Waals surface area (Å²) in [6, 6.07) is 0. The Kier molecular flexibility index (Phi) is 2.75. The number of nitrogens with two attached hydrogens (primary N) is 1. The van der Waals surface area contributed by atoms with Crippen molar-refractivity contribution in [2.24, 2.45) is 0 Å². The number of nitrogens with zero attached hydrogens (tertiary/aromatic N) is 1. The van der Waals surface area contributed by atoms with Crippen LogP contribution in [0.4, 0.5) is 5.82 Å². The molecule has 0 fully saturated rings. The van der Waals surface area contributed by atoms with E-state index in [-0.39, 0.29) is 0 Å². The van der Waals surface area contributed by atoms with Gasteiger partial charge in [-0.1, -0.05) is 0 Å². The zero-order chi connectivity index (χ0) is 9.14. The van der Waals surface area contributed by atoms with E-state index in [1.807, 2.05) is 0 Å². The van der Waals surface area contributed by atoms with Gasteiger partial charge in [0.25, 0.3) is 0 Å². The molecule has 12 heavy (non-hydrogen) atoms. The lowest BCUT2D eigenvalue weighted by atomic mass is 10.4. The number of halogens is 1. The molecule has 66 valence electrons. The summed E-state index contributed by atoms with van der Waals surface area (Å²) >= 11 is 3.26. The molecular formula is C7H9BrN2O2. The molecule has 0 saturated heterocycles. The van der Waals surface area contributed by atoms with Crippen molar-refractivity contribution in [1.29, 1.82) is 0 Å². The van der Waals surface area contributed by atoms with Crippen molar-refractivity contribution in [2.75, 3.05) is 20.0 Å². The van der Waals surface area contributed by atoms with Gasteiger partial charge in [-0.15, -0.1) is 0 Å². The van der Waals surface area contributed by atoms with E-state index in [4.69, 9.17) is 15.2 Å².